The average molecular weight is 546 g/mol. The molecule has 0 bridgehead atoms. The lowest BCUT2D eigenvalue weighted by molar-refractivity contribution is -0.141. The number of alkyl halides is 6. The maximum Gasteiger partial charge on any atom is 0.433 e. The van der Waals surface area contributed by atoms with E-state index in [1.807, 2.05) is 0 Å². The highest BCUT2D eigenvalue weighted by atomic mass is 19.4. The summed E-state index contributed by atoms with van der Waals surface area (Å²) >= 11 is 0. The van der Waals surface area contributed by atoms with Gasteiger partial charge in [0, 0.05) is 12.6 Å². The predicted molar refractivity (Wildman–Crippen MR) is 132 cm³/mol. The van der Waals surface area contributed by atoms with Crippen molar-refractivity contribution in [3.63, 3.8) is 0 Å². The van der Waals surface area contributed by atoms with Crippen molar-refractivity contribution in [1.82, 2.24) is 19.9 Å². The normalized spacial score (nSPS) is 12.5. The minimum atomic E-state index is -4.78. The topological polar surface area (TPSA) is 71.4 Å². The van der Waals surface area contributed by atoms with E-state index in [1.54, 1.807) is 42.5 Å². The Balaban J connectivity index is 1.38. The predicted octanol–water partition coefficient (Wildman–Crippen LogP) is 6.14. The van der Waals surface area contributed by atoms with E-state index in [4.69, 9.17) is 4.74 Å². The Labute approximate surface area is 216 Å². The van der Waals surface area contributed by atoms with E-state index in [9.17, 15) is 31.1 Å². The van der Waals surface area contributed by atoms with Gasteiger partial charge in [0.05, 0.1) is 30.2 Å². The molecule has 6 nitrogen and oxygen atoms in total. The number of ether oxygens (including phenoxy) is 1. The Bertz CT molecular complexity index is 1680. The van der Waals surface area contributed by atoms with Gasteiger partial charge in [-0.1, -0.05) is 54.6 Å². The van der Waals surface area contributed by atoms with Gasteiger partial charge >= 0.3 is 12.4 Å². The molecule has 0 saturated carbocycles. The first-order valence-electron chi connectivity index (χ1n) is 11.7. The number of aromatic nitrogens is 3. The SMILES string of the molecule is O=c1cc(CNCOCc2ccc(C(F)(F)F)cc2)nc2c(-c3cccc4ccccc34)c(C(F)(F)F)[nH]n12. The molecule has 3 aromatic carbocycles. The van der Waals surface area contributed by atoms with Crippen molar-refractivity contribution in [2.24, 2.45) is 0 Å². The molecule has 202 valence electrons. The summed E-state index contributed by atoms with van der Waals surface area (Å²) in [4.78, 5) is 17.1. The third kappa shape index (κ3) is 5.52. The molecule has 0 saturated heterocycles. The van der Waals surface area contributed by atoms with Gasteiger partial charge in [-0.2, -0.15) is 26.3 Å². The van der Waals surface area contributed by atoms with Gasteiger partial charge in [0.25, 0.3) is 5.56 Å². The first kappa shape index (κ1) is 26.4. The van der Waals surface area contributed by atoms with Crippen LogP contribution in [0.3, 0.4) is 0 Å². The Morgan fingerprint density at radius 2 is 1.62 bits per heavy atom. The molecule has 2 N–H and O–H groups in total. The third-order valence-corrected chi connectivity index (χ3v) is 6.07. The number of halogens is 6. The first-order chi connectivity index (χ1) is 18.5. The standard InChI is InChI=1S/C27H20F6N4O2/c28-26(29,30)18-10-8-16(9-11-18)14-39-15-34-13-19-12-22(38)37-25(35-19)23(24(36-37)27(31,32)33)21-7-3-5-17-4-1-2-6-20(17)21/h1-12,34,36H,13-15H2. The summed E-state index contributed by atoms with van der Waals surface area (Å²) in [6.07, 6.45) is -9.21. The number of rotatable bonds is 7. The number of hydrogen-bond acceptors (Lipinski definition) is 4. The van der Waals surface area contributed by atoms with Crippen LogP contribution in [0.5, 0.6) is 0 Å². The van der Waals surface area contributed by atoms with Crippen LogP contribution < -0.4 is 10.9 Å². The van der Waals surface area contributed by atoms with Crippen molar-refractivity contribution in [3.8, 4) is 11.1 Å². The number of hydrogen-bond donors (Lipinski definition) is 2. The van der Waals surface area contributed by atoms with Crippen LogP contribution in [0.4, 0.5) is 26.3 Å². The van der Waals surface area contributed by atoms with Gasteiger partial charge in [-0.25, -0.2) is 9.50 Å². The summed E-state index contributed by atoms with van der Waals surface area (Å²) in [6.45, 7) is -0.0162. The van der Waals surface area contributed by atoms with Crippen molar-refractivity contribution in [3.05, 3.63) is 106 Å². The summed E-state index contributed by atoms with van der Waals surface area (Å²) in [7, 11) is 0. The second kappa shape index (κ2) is 10.2. The maximum absolute atomic E-state index is 14.1. The monoisotopic (exact) mass is 546 g/mol. The lowest BCUT2D eigenvalue weighted by Gasteiger charge is -2.10. The maximum atomic E-state index is 14.1. The fourth-order valence-corrected chi connectivity index (χ4v) is 4.29. The van der Waals surface area contributed by atoms with Crippen LogP contribution in [0, 0.1) is 0 Å². The number of H-pyrrole nitrogens is 1. The molecule has 0 aliphatic carbocycles. The van der Waals surface area contributed by atoms with Gasteiger partial charge in [0.2, 0.25) is 0 Å². The quantitative estimate of drug-likeness (QED) is 0.146. The molecule has 2 heterocycles. The van der Waals surface area contributed by atoms with E-state index in [2.05, 4.69) is 15.4 Å². The van der Waals surface area contributed by atoms with E-state index in [0.717, 1.165) is 28.1 Å². The zero-order valence-electron chi connectivity index (χ0n) is 20.0. The van der Waals surface area contributed by atoms with Gasteiger partial charge in [-0.3, -0.25) is 15.2 Å². The average Bonchev–Trinajstić information content (AvgIpc) is 3.28. The molecule has 39 heavy (non-hydrogen) atoms. The van der Waals surface area contributed by atoms with Crippen LogP contribution in [0.25, 0.3) is 27.5 Å². The van der Waals surface area contributed by atoms with E-state index in [0.29, 0.717) is 10.9 Å². The largest absolute Gasteiger partial charge is 0.433 e. The second-order valence-corrected chi connectivity index (χ2v) is 8.75. The second-order valence-electron chi connectivity index (χ2n) is 8.75. The van der Waals surface area contributed by atoms with Crippen molar-refractivity contribution < 1.29 is 31.1 Å². The number of aromatic amines is 1. The van der Waals surface area contributed by atoms with Crippen LogP contribution in [-0.4, -0.2) is 21.3 Å². The highest BCUT2D eigenvalue weighted by Crippen LogP contribution is 2.40. The summed E-state index contributed by atoms with van der Waals surface area (Å²) in [5.41, 5.74) is -2.01. The van der Waals surface area contributed by atoms with Crippen molar-refractivity contribution in [2.75, 3.05) is 6.73 Å². The fourth-order valence-electron chi connectivity index (χ4n) is 4.29. The first-order valence-corrected chi connectivity index (χ1v) is 11.7. The summed E-state index contributed by atoms with van der Waals surface area (Å²) in [6, 6.07) is 17.6. The molecule has 5 aromatic rings. The molecule has 0 fully saturated rings. The Kier molecular flexibility index (Phi) is 6.91. The van der Waals surface area contributed by atoms with Crippen LogP contribution in [0.1, 0.15) is 22.5 Å². The number of nitrogens with zero attached hydrogens (tertiary/aromatic N) is 2. The highest BCUT2D eigenvalue weighted by molar-refractivity contribution is 6.00. The summed E-state index contributed by atoms with van der Waals surface area (Å²) < 4.78 is 86.4. The van der Waals surface area contributed by atoms with Crippen LogP contribution in [0.15, 0.2) is 77.6 Å². The number of benzene rings is 3. The van der Waals surface area contributed by atoms with E-state index in [1.165, 1.54) is 12.1 Å². The van der Waals surface area contributed by atoms with Gasteiger partial charge in [-0.05, 0) is 34.0 Å². The minimum Gasteiger partial charge on any atom is -0.362 e. The van der Waals surface area contributed by atoms with Crippen molar-refractivity contribution in [1.29, 1.82) is 0 Å². The van der Waals surface area contributed by atoms with Crippen LogP contribution >= 0.6 is 0 Å². The Morgan fingerprint density at radius 1 is 0.897 bits per heavy atom. The van der Waals surface area contributed by atoms with E-state index < -0.39 is 29.2 Å². The lowest BCUT2D eigenvalue weighted by Crippen LogP contribution is -2.22. The highest BCUT2D eigenvalue weighted by Gasteiger charge is 2.38. The molecule has 5 rings (SSSR count). The molecular weight excluding hydrogens is 526 g/mol. The van der Waals surface area contributed by atoms with Gasteiger partial charge < -0.3 is 4.74 Å². The zero-order chi connectivity index (χ0) is 27.8. The molecule has 2 aromatic heterocycles. The number of nitrogens with one attached hydrogen (secondary N) is 2. The molecule has 0 amide bonds. The van der Waals surface area contributed by atoms with Crippen LogP contribution in [-0.2, 0) is 30.2 Å². The molecule has 0 spiro atoms. The fraction of sp³-hybridized carbons (Fsp3) is 0.185. The van der Waals surface area contributed by atoms with E-state index >= 15 is 0 Å². The Hall–Kier alpha value is -4.16. The third-order valence-electron chi connectivity index (χ3n) is 6.07. The molecule has 0 atom stereocenters. The van der Waals surface area contributed by atoms with Gasteiger partial charge in [0.15, 0.2) is 5.65 Å². The zero-order valence-corrected chi connectivity index (χ0v) is 20.0. The summed E-state index contributed by atoms with van der Waals surface area (Å²) in [5, 5.41) is 6.35. The minimum absolute atomic E-state index is 0.000258. The van der Waals surface area contributed by atoms with Crippen molar-refractivity contribution >= 4 is 16.4 Å². The van der Waals surface area contributed by atoms with Gasteiger partial charge in [0.1, 0.15) is 5.69 Å². The lowest BCUT2D eigenvalue weighted by atomic mass is 9.98. The molecule has 0 aliphatic rings. The summed E-state index contributed by atoms with van der Waals surface area (Å²) in [5.74, 6) is 0. The molecule has 0 unspecified atom stereocenters. The number of fused-ring (bicyclic) bond motifs is 2. The van der Waals surface area contributed by atoms with Crippen molar-refractivity contribution in [2.45, 2.75) is 25.5 Å². The molecular formula is C27H20F6N4O2. The molecule has 12 heteroatoms. The molecule has 0 radical (unpaired) electrons. The molecule has 0 aliphatic heterocycles. The Morgan fingerprint density at radius 3 is 2.33 bits per heavy atom. The van der Waals surface area contributed by atoms with Crippen LogP contribution in [0.2, 0.25) is 0 Å². The smallest absolute Gasteiger partial charge is 0.362 e. The van der Waals surface area contributed by atoms with Gasteiger partial charge in [-0.15, -0.1) is 0 Å². The van der Waals surface area contributed by atoms with E-state index in [-0.39, 0.29) is 42.4 Å².